The summed E-state index contributed by atoms with van der Waals surface area (Å²) in [7, 11) is 1.97. The minimum absolute atomic E-state index is 0.590. The molecule has 0 aliphatic heterocycles. The van der Waals surface area contributed by atoms with Gasteiger partial charge in [-0.2, -0.15) is 0 Å². The Kier molecular flexibility index (Phi) is 4.92. The van der Waals surface area contributed by atoms with Crippen molar-refractivity contribution >= 4 is 33.3 Å². The van der Waals surface area contributed by atoms with Gasteiger partial charge >= 0.3 is 0 Å². The van der Waals surface area contributed by atoms with Gasteiger partial charge in [0, 0.05) is 30.7 Å². The summed E-state index contributed by atoms with van der Waals surface area (Å²) in [5, 5.41) is 3.29. The van der Waals surface area contributed by atoms with Gasteiger partial charge in [-0.25, -0.2) is 9.97 Å². The van der Waals surface area contributed by atoms with E-state index in [-0.39, 0.29) is 0 Å². The van der Waals surface area contributed by atoms with E-state index in [0.717, 1.165) is 34.2 Å². The number of halogens is 1. The summed E-state index contributed by atoms with van der Waals surface area (Å²) in [6.07, 6.45) is 0. The molecule has 2 rings (SSSR count). The second-order valence-electron chi connectivity index (χ2n) is 4.47. The second-order valence-corrected chi connectivity index (χ2v) is 5.33. The average molecular weight is 336 g/mol. The predicted molar refractivity (Wildman–Crippen MR) is 86.5 cm³/mol. The third kappa shape index (κ3) is 3.68. The molecule has 3 N–H and O–H groups in total. The zero-order valence-electron chi connectivity index (χ0n) is 11.6. The van der Waals surface area contributed by atoms with Crippen molar-refractivity contribution in [1.82, 2.24) is 9.97 Å². The van der Waals surface area contributed by atoms with Crippen LogP contribution in [0.15, 0.2) is 34.8 Å². The Balaban J connectivity index is 2.26. The fourth-order valence-electron chi connectivity index (χ4n) is 1.82. The Hall–Kier alpha value is -1.66. The number of likely N-dealkylation sites (N-methyl/N-ethyl adjacent to an activating group) is 1. The SMILES string of the molecule is Cc1nc(Nc2ccccc2Br)cc(N(C)CCN)n1. The number of nitrogens with two attached hydrogens (primary N) is 1. The molecule has 5 nitrogen and oxygen atoms in total. The third-order valence-electron chi connectivity index (χ3n) is 2.82. The van der Waals surface area contributed by atoms with Gasteiger partial charge in [-0.3, -0.25) is 0 Å². The van der Waals surface area contributed by atoms with Gasteiger partial charge in [-0.15, -0.1) is 0 Å². The lowest BCUT2D eigenvalue weighted by Gasteiger charge is -2.18. The molecule has 0 aliphatic carbocycles. The van der Waals surface area contributed by atoms with E-state index in [4.69, 9.17) is 5.73 Å². The number of aromatic nitrogens is 2. The smallest absolute Gasteiger partial charge is 0.136 e. The summed E-state index contributed by atoms with van der Waals surface area (Å²) in [5.41, 5.74) is 6.55. The van der Waals surface area contributed by atoms with E-state index in [2.05, 4.69) is 31.2 Å². The number of hydrogen-bond acceptors (Lipinski definition) is 5. The van der Waals surface area contributed by atoms with Crippen LogP contribution in [0.1, 0.15) is 5.82 Å². The largest absolute Gasteiger partial charge is 0.358 e. The highest BCUT2D eigenvalue weighted by Gasteiger charge is 2.07. The van der Waals surface area contributed by atoms with E-state index in [1.807, 2.05) is 49.2 Å². The zero-order chi connectivity index (χ0) is 14.5. The minimum Gasteiger partial charge on any atom is -0.358 e. The van der Waals surface area contributed by atoms with Gasteiger partial charge < -0.3 is 16.0 Å². The summed E-state index contributed by atoms with van der Waals surface area (Å²) in [5.74, 6) is 2.35. The Morgan fingerprint density at radius 3 is 2.75 bits per heavy atom. The molecule has 0 bridgehead atoms. The van der Waals surface area contributed by atoms with Crippen molar-refractivity contribution in [2.75, 3.05) is 30.4 Å². The van der Waals surface area contributed by atoms with Gasteiger partial charge in [0.25, 0.3) is 0 Å². The van der Waals surface area contributed by atoms with Gasteiger partial charge in [0.2, 0.25) is 0 Å². The van der Waals surface area contributed by atoms with Crippen LogP contribution in [0, 0.1) is 6.92 Å². The quantitative estimate of drug-likeness (QED) is 0.879. The van der Waals surface area contributed by atoms with E-state index in [1.165, 1.54) is 0 Å². The first-order chi connectivity index (χ1) is 9.60. The van der Waals surface area contributed by atoms with Crippen LogP contribution in [0.25, 0.3) is 0 Å². The van der Waals surface area contributed by atoms with E-state index in [0.29, 0.717) is 6.54 Å². The summed E-state index contributed by atoms with van der Waals surface area (Å²) in [6, 6.07) is 9.84. The number of nitrogens with one attached hydrogen (secondary N) is 1. The van der Waals surface area contributed by atoms with Crippen LogP contribution in [0.5, 0.6) is 0 Å². The van der Waals surface area contributed by atoms with Crippen LogP contribution in [-0.2, 0) is 0 Å². The van der Waals surface area contributed by atoms with Crippen LogP contribution in [0.2, 0.25) is 0 Å². The molecule has 0 spiro atoms. The Bertz CT molecular complexity index is 588. The van der Waals surface area contributed by atoms with E-state index in [1.54, 1.807) is 0 Å². The first kappa shape index (κ1) is 14.7. The molecule has 106 valence electrons. The Labute approximate surface area is 127 Å². The maximum Gasteiger partial charge on any atom is 0.136 e. The molecule has 1 heterocycles. The summed E-state index contributed by atoms with van der Waals surface area (Å²) in [6.45, 7) is 3.22. The molecular weight excluding hydrogens is 318 g/mol. The molecule has 20 heavy (non-hydrogen) atoms. The van der Waals surface area contributed by atoms with E-state index < -0.39 is 0 Å². The number of para-hydroxylation sites is 1. The van der Waals surface area contributed by atoms with Gasteiger partial charge in [0.05, 0.1) is 5.69 Å². The van der Waals surface area contributed by atoms with Gasteiger partial charge in [0.15, 0.2) is 0 Å². The fourth-order valence-corrected chi connectivity index (χ4v) is 2.20. The third-order valence-corrected chi connectivity index (χ3v) is 3.51. The molecule has 0 saturated heterocycles. The molecule has 0 radical (unpaired) electrons. The lowest BCUT2D eigenvalue weighted by molar-refractivity contribution is 0.857. The van der Waals surface area contributed by atoms with Crippen molar-refractivity contribution in [3.8, 4) is 0 Å². The normalized spacial score (nSPS) is 10.4. The molecule has 0 atom stereocenters. The number of nitrogens with zero attached hydrogens (tertiary/aromatic N) is 3. The van der Waals surface area contributed by atoms with Crippen molar-refractivity contribution in [2.24, 2.45) is 5.73 Å². The first-order valence-electron chi connectivity index (χ1n) is 6.38. The van der Waals surface area contributed by atoms with Crippen molar-refractivity contribution in [3.05, 3.63) is 40.6 Å². The monoisotopic (exact) mass is 335 g/mol. The van der Waals surface area contributed by atoms with Gasteiger partial charge in [-0.05, 0) is 35.0 Å². The molecule has 6 heteroatoms. The number of aryl methyl sites for hydroxylation is 1. The van der Waals surface area contributed by atoms with Crippen molar-refractivity contribution in [3.63, 3.8) is 0 Å². The Morgan fingerprint density at radius 2 is 2.05 bits per heavy atom. The van der Waals surface area contributed by atoms with Crippen molar-refractivity contribution in [2.45, 2.75) is 6.92 Å². The number of anilines is 3. The van der Waals surface area contributed by atoms with E-state index >= 15 is 0 Å². The predicted octanol–water partition coefficient (Wildman–Crippen LogP) is 2.69. The molecule has 0 saturated carbocycles. The highest BCUT2D eigenvalue weighted by atomic mass is 79.9. The minimum atomic E-state index is 0.590. The number of hydrogen-bond donors (Lipinski definition) is 2. The standard InChI is InChI=1S/C14H18BrN5/c1-10-17-13(9-14(18-10)20(2)8-7-16)19-12-6-4-3-5-11(12)15/h3-6,9H,7-8,16H2,1-2H3,(H,17,18,19). The van der Waals surface area contributed by atoms with Crippen LogP contribution in [0.3, 0.4) is 0 Å². The number of rotatable bonds is 5. The first-order valence-corrected chi connectivity index (χ1v) is 7.18. The van der Waals surface area contributed by atoms with Gasteiger partial charge in [0.1, 0.15) is 17.5 Å². The van der Waals surface area contributed by atoms with Crippen LogP contribution < -0.4 is 16.0 Å². The maximum absolute atomic E-state index is 5.58. The zero-order valence-corrected chi connectivity index (χ0v) is 13.2. The van der Waals surface area contributed by atoms with Crippen LogP contribution in [0.4, 0.5) is 17.3 Å². The van der Waals surface area contributed by atoms with Gasteiger partial charge in [-0.1, -0.05) is 12.1 Å². The molecular formula is C14H18BrN5. The topological polar surface area (TPSA) is 67.1 Å². The fraction of sp³-hybridized carbons (Fsp3) is 0.286. The number of benzene rings is 1. The summed E-state index contributed by atoms with van der Waals surface area (Å²) >= 11 is 3.51. The van der Waals surface area contributed by atoms with E-state index in [9.17, 15) is 0 Å². The van der Waals surface area contributed by atoms with Crippen molar-refractivity contribution < 1.29 is 0 Å². The molecule has 0 aliphatic rings. The second kappa shape index (κ2) is 6.67. The summed E-state index contributed by atoms with van der Waals surface area (Å²) < 4.78 is 0.994. The molecule has 1 aromatic heterocycles. The Morgan fingerprint density at radius 1 is 1.30 bits per heavy atom. The summed E-state index contributed by atoms with van der Waals surface area (Å²) in [4.78, 5) is 10.8. The highest BCUT2D eigenvalue weighted by Crippen LogP contribution is 2.25. The molecule has 2 aromatic rings. The van der Waals surface area contributed by atoms with Crippen LogP contribution >= 0.6 is 15.9 Å². The molecule has 0 amide bonds. The highest BCUT2D eigenvalue weighted by molar-refractivity contribution is 9.10. The molecule has 0 fully saturated rings. The van der Waals surface area contributed by atoms with Crippen LogP contribution in [-0.4, -0.2) is 30.1 Å². The molecule has 0 unspecified atom stereocenters. The average Bonchev–Trinajstić information content (AvgIpc) is 2.41. The molecule has 1 aromatic carbocycles. The maximum atomic E-state index is 5.58. The lowest BCUT2D eigenvalue weighted by Crippen LogP contribution is -2.26. The van der Waals surface area contributed by atoms with Crippen molar-refractivity contribution in [1.29, 1.82) is 0 Å². The lowest BCUT2D eigenvalue weighted by atomic mass is 10.3.